The smallest absolute Gasteiger partial charge is 0.332 e. The van der Waals surface area contributed by atoms with Gasteiger partial charge in [-0.2, -0.15) is 0 Å². The maximum atomic E-state index is 14.4. The van der Waals surface area contributed by atoms with Crippen molar-refractivity contribution in [1.29, 1.82) is 0 Å². The third-order valence-electron chi connectivity index (χ3n) is 9.14. The molecule has 218 valence electrons. The molecule has 2 fully saturated rings. The monoisotopic (exact) mass is 576 g/mol. The number of carbonyl (C=O) groups is 4. The lowest BCUT2D eigenvalue weighted by Gasteiger charge is -2.36. The second-order valence-corrected chi connectivity index (χ2v) is 11.9. The van der Waals surface area contributed by atoms with E-state index in [0.717, 1.165) is 32.6 Å². The predicted octanol–water partition coefficient (Wildman–Crippen LogP) is 5.46. The third kappa shape index (κ3) is 4.13. The second-order valence-electron chi connectivity index (χ2n) is 11.9. The number of H-pyrrole nitrogens is 1. The van der Waals surface area contributed by atoms with E-state index >= 15 is 0 Å². The summed E-state index contributed by atoms with van der Waals surface area (Å²) in [5.41, 5.74) is 5.20. The molecular weight excluding hydrogens is 544 g/mol. The van der Waals surface area contributed by atoms with E-state index in [9.17, 15) is 24.3 Å². The van der Waals surface area contributed by atoms with Crippen LogP contribution in [0, 0.1) is 0 Å². The van der Waals surface area contributed by atoms with E-state index in [-0.39, 0.29) is 11.3 Å². The number of benzene rings is 3. The fourth-order valence-corrected chi connectivity index (χ4v) is 6.98. The Balaban J connectivity index is 1.33. The van der Waals surface area contributed by atoms with Gasteiger partial charge in [0.25, 0.3) is 11.8 Å². The number of imide groups is 1. The molecule has 9 nitrogen and oxygen atoms in total. The van der Waals surface area contributed by atoms with Gasteiger partial charge in [0.1, 0.15) is 18.1 Å². The number of nitrogens with zero attached hydrogens (tertiary/aromatic N) is 3. The molecular formula is C34H32N4O5. The lowest BCUT2D eigenvalue weighted by Crippen LogP contribution is -2.44. The van der Waals surface area contributed by atoms with Gasteiger partial charge in [0, 0.05) is 29.6 Å². The highest BCUT2D eigenvalue weighted by molar-refractivity contribution is 6.24. The average Bonchev–Trinajstić information content (AvgIpc) is 3.71. The van der Waals surface area contributed by atoms with Gasteiger partial charge in [-0.25, -0.2) is 14.5 Å². The molecule has 0 bridgehead atoms. The van der Waals surface area contributed by atoms with Crippen LogP contribution in [-0.2, 0) is 16.0 Å². The highest BCUT2D eigenvalue weighted by atomic mass is 16.4. The van der Waals surface area contributed by atoms with Crippen molar-refractivity contribution in [3.63, 3.8) is 0 Å². The summed E-state index contributed by atoms with van der Waals surface area (Å²) in [5, 5.41) is 10.7. The van der Waals surface area contributed by atoms with Crippen molar-refractivity contribution >= 4 is 40.4 Å². The Kier molecular flexibility index (Phi) is 6.34. The molecule has 1 aromatic heterocycles. The van der Waals surface area contributed by atoms with Crippen molar-refractivity contribution in [2.24, 2.45) is 0 Å². The first-order valence-corrected chi connectivity index (χ1v) is 14.7. The summed E-state index contributed by atoms with van der Waals surface area (Å²) in [6.07, 6.45) is 1.28. The number of hydrogen-bond donors (Lipinski definition) is 2. The van der Waals surface area contributed by atoms with Crippen LogP contribution in [0.15, 0.2) is 72.8 Å². The number of amides is 4. The third-order valence-corrected chi connectivity index (χ3v) is 9.14. The van der Waals surface area contributed by atoms with E-state index in [2.05, 4.69) is 31.0 Å². The standard InChI is InChI=1S/C34H32N4O5/c1-19(2)20-13-15-21(16-14-20)30-29-24(22-8-3-5-10-25(22)35-29)18-28-32(40)38(34(43)37(28)30)26-11-6-4-9-23(26)31(39)36-17-7-12-27(36)33(41)42/h3-6,8-11,13-16,19,27-28,30,35H,7,12,17-18H2,1-2H3,(H,41,42)/t27-,28-,30-/m0/s1. The van der Waals surface area contributed by atoms with Crippen LogP contribution in [0.2, 0.25) is 0 Å². The van der Waals surface area contributed by atoms with Crippen LogP contribution in [0.5, 0.6) is 0 Å². The van der Waals surface area contributed by atoms with Gasteiger partial charge in [0.2, 0.25) is 0 Å². The zero-order valence-electron chi connectivity index (χ0n) is 24.0. The first kappa shape index (κ1) is 26.9. The number of fused-ring (bicyclic) bond motifs is 4. The van der Waals surface area contributed by atoms with Crippen molar-refractivity contribution in [2.75, 3.05) is 11.4 Å². The zero-order chi connectivity index (χ0) is 30.0. The Morgan fingerprint density at radius 3 is 2.42 bits per heavy atom. The summed E-state index contributed by atoms with van der Waals surface area (Å²) >= 11 is 0. The lowest BCUT2D eigenvalue weighted by atomic mass is 9.88. The molecule has 4 amide bonds. The summed E-state index contributed by atoms with van der Waals surface area (Å²) in [5.74, 6) is -1.62. The Labute approximate surface area is 248 Å². The molecule has 0 saturated carbocycles. The Morgan fingerprint density at radius 1 is 0.953 bits per heavy atom. The molecule has 0 aliphatic carbocycles. The Morgan fingerprint density at radius 2 is 1.67 bits per heavy atom. The summed E-state index contributed by atoms with van der Waals surface area (Å²) in [6.45, 7) is 4.56. The van der Waals surface area contributed by atoms with Crippen LogP contribution in [-0.4, -0.2) is 62.3 Å². The maximum absolute atomic E-state index is 14.4. The van der Waals surface area contributed by atoms with Gasteiger partial charge in [-0.15, -0.1) is 0 Å². The largest absolute Gasteiger partial charge is 0.480 e. The zero-order valence-corrected chi connectivity index (χ0v) is 24.0. The topological polar surface area (TPSA) is 114 Å². The van der Waals surface area contributed by atoms with E-state index in [4.69, 9.17) is 0 Å². The van der Waals surface area contributed by atoms with Crippen molar-refractivity contribution in [1.82, 2.24) is 14.8 Å². The van der Waals surface area contributed by atoms with Crippen molar-refractivity contribution in [3.05, 3.63) is 101 Å². The number of anilines is 1. The first-order chi connectivity index (χ1) is 20.8. The minimum Gasteiger partial charge on any atom is -0.480 e. The molecule has 4 heterocycles. The highest BCUT2D eigenvalue weighted by Crippen LogP contribution is 2.45. The van der Waals surface area contributed by atoms with Gasteiger partial charge in [-0.05, 0) is 53.6 Å². The number of aromatic nitrogens is 1. The van der Waals surface area contributed by atoms with Crippen LogP contribution >= 0.6 is 0 Å². The average molecular weight is 577 g/mol. The first-order valence-electron chi connectivity index (χ1n) is 14.7. The number of hydrogen-bond acceptors (Lipinski definition) is 4. The molecule has 7 rings (SSSR count). The molecule has 0 unspecified atom stereocenters. The van der Waals surface area contributed by atoms with E-state index in [1.165, 1.54) is 10.5 Å². The van der Waals surface area contributed by atoms with Crippen LogP contribution in [0.3, 0.4) is 0 Å². The quantitative estimate of drug-likeness (QED) is 0.306. The molecule has 0 spiro atoms. The van der Waals surface area contributed by atoms with E-state index < -0.39 is 41.9 Å². The van der Waals surface area contributed by atoms with Gasteiger partial charge in [-0.3, -0.25) is 14.5 Å². The number of carbonyl (C=O) groups excluding carboxylic acids is 3. The number of aliphatic carboxylic acids is 1. The molecule has 3 atom stereocenters. The fraction of sp³-hybridized carbons (Fsp3) is 0.294. The van der Waals surface area contributed by atoms with Gasteiger partial charge in [0.15, 0.2) is 0 Å². The summed E-state index contributed by atoms with van der Waals surface area (Å²) in [4.78, 5) is 61.8. The number of aromatic amines is 1. The number of carboxylic acids is 1. The minimum atomic E-state index is -1.06. The van der Waals surface area contributed by atoms with Crippen molar-refractivity contribution < 1.29 is 24.3 Å². The van der Waals surface area contributed by atoms with E-state index in [1.807, 2.05) is 36.4 Å². The summed E-state index contributed by atoms with van der Waals surface area (Å²) < 4.78 is 0. The van der Waals surface area contributed by atoms with Crippen LogP contribution in [0.1, 0.15) is 71.4 Å². The van der Waals surface area contributed by atoms with Gasteiger partial charge >= 0.3 is 12.0 Å². The molecule has 4 aromatic rings. The normalized spacial score (nSPS) is 21.6. The molecule has 2 N–H and O–H groups in total. The molecule has 9 heteroatoms. The number of rotatable bonds is 5. The van der Waals surface area contributed by atoms with Crippen molar-refractivity contribution in [3.8, 4) is 0 Å². The molecule has 3 aliphatic rings. The highest BCUT2D eigenvalue weighted by Gasteiger charge is 2.54. The minimum absolute atomic E-state index is 0.138. The summed E-state index contributed by atoms with van der Waals surface area (Å²) in [6, 6.07) is 19.9. The number of urea groups is 1. The van der Waals surface area contributed by atoms with Crippen LogP contribution in [0.25, 0.3) is 10.9 Å². The van der Waals surface area contributed by atoms with E-state index in [0.29, 0.717) is 31.7 Å². The molecule has 0 radical (unpaired) electrons. The molecule has 3 aromatic carbocycles. The van der Waals surface area contributed by atoms with Gasteiger partial charge in [-0.1, -0.05) is 68.4 Å². The van der Waals surface area contributed by atoms with Crippen molar-refractivity contribution in [2.45, 2.75) is 57.2 Å². The number of para-hydroxylation sites is 2. The molecule has 43 heavy (non-hydrogen) atoms. The number of nitrogens with one attached hydrogen (secondary N) is 1. The lowest BCUT2D eigenvalue weighted by molar-refractivity contribution is -0.141. The number of likely N-dealkylation sites (tertiary alicyclic amines) is 1. The SMILES string of the molecule is CC(C)c1ccc([C@H]2c3[nH]c4ccccc4c3C[C@H]3C(=O)N(c4ccccc4C(=O)N4CCC[C@H]4C(=O)O)C(=O)N23)cc1. The van der Waals surface area contributed by atoms with Gasteiger partial charge in [0.05, 0.1) is 11.3 Å². The molecule has 3 aliphatic heterocycles. The Bertz CT molecular complexity index is 1790. The van der Waals surface area contributed by atoms with Crippen LogP contribution < -0.4 is 4.90 Å². The fourth-order valence-electron chi connectivity index (χ4n) is 6.98. The second kappa shape index (κ2) is 10.1. The molecule has 2 saturated heterocycles. The Hall–Kier alpha value is -4.92. The predicted molar refractivity (Wildman–Crippen MR) is 161 cm³/mol. The maximum Gasteiger partial charge on any atom is 0.332 e. The van der Waals surface area contributed by atoms with Crippen LogP contribution in [0.4, 0.5) is 10.5 Å². The summed E-state index contributed by atoms with van der Waals surface area (Å²) in [7, 11) is 0. The van der Waals surface area contributed by atoms with Gasteiger partial charge < -0.3 is 15.0 Å². The number of carboxylic acid groups (broad SMARTS) is 1. The van der Waals surface area contributed by atoms with E-state index in [1.54, 1.807) is 29.2 Å².